The first-order valence-electron chi connectivity index (χ1n) is 9.42. The molecule has 0 aliphatic carbocycles. The highest BCUT2D eigenvalue weighted by Gasteiger charge is 2.27. The third kappa shape index (κ3) is 5.74. The van der Waals surface area contributed by atoms with Crippen molar-refractivity contribution in [2.45, 2.75) is 58.7 Å². The van der Waals surface area contributed by atoms with Crippen molar-refractivity contribution >= 4 is 11.8 Å². The van der Waals surface area contributed by atoms with Crippen molar-refractivity contribution in [1.29, 1.82) is 0 Å². The molecule has 6 heteroatoms. The third-order valence-electron chi connectivity index (χ3n) is 4.90. The van der Waals surface area contributed by atoms with Crippen LogP contribution in [0.15, 0.2) is 0 Å². The van der Waals surface area contributed by atoms with Crippen molar-refractivity contribution in [2.75, 3.05) is 39.3 Å². The summed E-state index contributed by atoms with van der Waals surface area (Å²) in [5.74, 6) is 0.428. The average molecular weight is 339 g/mol. The number of nitrogens with zero attached hydrogens (tertiary/aromatic N) is 2. The molecule has 0 radical (unpaired) electrons. The van der Waals surface area contributed by atoms with Crippen molar-refractivity contribution in [2.24, 2.45) is 5.92 Å². The molecular formula is C18H33N3O3. The van der Waals surface area contributed by atoms with Crippen LogP contribution in [0, 0.1) is 5.92 Å². The van der Waals surface area contributed by atoms with Gasteiger partial charge < -0.3 is 15.0 Å². The number of hydrogen-bond acceptors (Lipinski definition) is 4. The van der Waals surface area contributed by atoms with Crippen molar-refractivity contribution in [3.63, 3.8) is 0 Å². The first-order chi connectivity index (χ1) is 11.5. The van der Waals surface area contributed by atoms with Crippen molar-refractivity contribution < 1.29 is 14.3 Å². The fourth-order valence-electron chi connectivity index (χ4n) is 3.71. The van der Waals surface area contributed by atoms with Gasteiger partial charge in [0.15, 0.2) is 0 Å². The molecule has 24 heavy (non-hydrogen) atoms. The summed E-state index contributed by atoms with van der Waals surface area (Å²) in [4.78, 5) is 28.5. The maximum Gasteiger partial charge on any atom is 0.223 e. The van der Waals surface area contributed by atoms with Gasteiger partial charge in [-0.2, -0.15) is 0 Å². The van der Waals surface area contributed by atoms with Crippen molar-refractivity contribution in [3.8, 4) is 0 Å². The predicted octanol–water partition coefficient (Wildman–Crippen LogP) is 1.25. The number of carbonyl (C=O) groups is 2. The Labute approximate surface area is 145 Å². The van der Waals surface area contributed by atoms with Gasteiger partial charge in [0, 0.05) is 51.6 Å². The zero-order chi connectivity index (χ0) is 17.5. The first-order valence-corrected chi connectivity index (χ1v) is 9.42. The molecule has 138 valence electrons. The number of morpholine rings is 1. The van der Waals surface area contributed by atoms with E-state index in [0.717, 1.165) is 52.0 Å². The van der Waals surface area contributed by atoms with E-state index in [9.17, 15) is 9.59 Å². The van der Waals surface area contributed by atoms with Crippen LogP contribution in [0.25, 0.3) is 0 Å². The SMILES string of the molecule is CCCC(=O)N1CCC(C(=O)NCCN2C[C@@H](C)O[C@H](C)C2)CC1. The lowest BCUT2D eigenvalue weighted by Gasteiger charge is -2.35. The van der Waals surface area contributed by atoms with E-state index >= 15 is 0 Å². The quantitative estimate of drug-likeness (QED) is 0.791. The Bertz CT molecular complexity index is 412. The van der Waals surface area contributed by atoms with E-state index in [1.165, 1.54) is 0 Å². The monoisotopic (exact) mass is 339 g/mol. The number of piperidine rings is 1. The van der Waals surface area contributed by atoms with Gasteiger partial charge in [-0.25, -0.2) is 0 Å². The standard InChI is InChI=1S/C18H33N3O3/c1-4-5-17(22)21-9-6-16(7-10-21)18(23)19-8-11-20-12-14(2)24-15(3)13-20/h14-16H,4-13H2,1-3H3,(H,19,23)/t14-,15-/m1/s1. The first kappa shape index (κ1) is 19.2. The van der Waals surface area contributed by atoms with E-state index < -0.39 is 0 Å². The largest absolute Gasteiger partial charge is 0.373 e. The molecule has 2 aliphatic heterocycles. The lowest BCUT2D eigenvalue weighted by molar-refractivity contribution is -0.135. The van der Waals surface area contributed by atoms with E-state index in [2.05, 4.69) is 24.1 Å². The van der Waals surface area contributed by atoms with Crippen molar-refractivity contribution in [3.05, 3.63) is 0 Å². The number of ether oxygens (including phenoxy) is 1. The fourth-order valence-corrected chi connectivity index (χ4v) is 3.71. The Morgan fingerprint density at radius 3 is 2.33 bits per heavy atom. The van der Waals surface area contributed by atoms with Crippen LogP contribution < -0.4 is 5.32 Å². The number of amides is 2. The van der Waals surface area contributed by atoms with Gasteiger partial charge in [0.25, 0.3) is 0 Å². The molecule has 0 spiro atoms. The van der Waals surface area contributed by atoms with Crippen LogP contribution in [0.4, 0.5) is 0 Å². The summed E-state index contributed by atoms with van der Waals surface area (Å²) in [7, 11) is 0. The second kappa shape index (κ2) is 9.37. The number of hydrogen-bond donors (Lipinski definition) is 1. The molecule has 0 aromatic rings. The Morgan fingerprint density at radius 1 is 1.12 bits per heavy atom. The maximum absolute atomic E-state index is 12.3. The van der Waals surface area contributed by atoms with Gasteiger partial charge >= 0.3 is 0 Å². The second-order valence-corrected chi connectivity index (χ2v) is 7.21. The Balaban J connectivity index is 1.64. The van der Waals surface area contributed by atoms with E-state index in [1.807, 2.05) is 11.8 Å². The minimum absolute atomic E-state index is 0.0539. The number of carbonyl (C=O) groups excluding carboxylic acids is 2. The summed E-state index contributed by atoms with van der Waals surface area (Å²) in [6.45, 7) is 11.1. The van der Waals surface area contributed by atoms with E-state index in [0.29, 0.717) is 13.0 Å². The number of rotatable bonds is 6. The van der Waals surface area contributed by atoms with Crippen LogP contribution in [0.2, 0.25) is 0 Å². The molecule has 2 aliphatic rings. The molecule has 2 rings (SSSR count). The minimum Gasteiger partial charge on any atom is -0.373 e. The van der Waals surface area contributed by atoms with E-state index in [4.69, 9.17) is 4.74 Å². The van der Waals surface area contributed by atoms with E-state index in [-0.39, 0.29) is 29.9 Å². The maximum atomic E-state index is 12.3. The second-order valence-electron chi connectivity index (χ2n) is 7.21. The Morgan fingerprint density at radius 2 is 1.75 bits per heavy atom. The molecular weight excluding hydrogens is 306 g/mol. The minimum atomic E-state index is 0.0539. The molecule has 0 aromatic carbocycles. The topological polar surface area (TPSA) is 61.9 Å². The highest BCUT2D eigenvalue weighted by molar-refractivity contribution is 5.80. The highest BCUT2D eigenvalue weighted by Crippen LogP contribution is 2.18. The van der Waals surface area contributed by atoms with E-state index in [1.54, 1.807) is 0 Å². The van der Waals surface area contributed by atoms with Crippen LogP contribution in [0.5, 0.6) is 0 Å². The van der Waals surface area contributed by atoms with Crippen LogP contribution >= 0.6 is 0 Å². The van der Waals surface area contributed by atoms with Gasteiger partial charge in [-0.1, -0.05) is 6.92 Å². The van der Waals surface area contributed by atoms with Gasteiger partial charge in [-0.15, -0.1) is 0 Å². The van der Waals surface area contributed by atoms with Gasteiger partial charge in [0.2, 0.25) is 11.8 Å². The third-order valence-corrected chi connectivity index (χ3v) is 4.90. The fraction of sp³-hybridized carbons (Fsp3) is 0.889. The van der Waals surface area contributed by atoms with Gasteiger partial charge in [0.05, 0.1) is 12.2 Å². The molecule has 2 atom stereocenters. The molecule has 2 heterocycles. The molecule has 0 unspecified atom stereocenters. The highest BCUT2D eigenvalue weighted by atomic mass is 16.5. The zero-order valence-electron chi connectivity index (χ0n) is 15.4. The molecule has 1 N–H and O–H groups in total. The van der Waals surface area contributed by atoms with Crippen LogP contribution in [0.1, 0.15) is 46.5 Å². The number of likely N-dealkylation sites (tertiary alicyclic amines) is 1. The smallest absolute Gasteiger partial charge is 0.223 e. The molecule has 6 nitrogen and oxygen atoms in total. The van der Waals surface area contributed by atoms with Crippen LogP contribution in [-0.4, -0.2) is 73.1 Å². The van der Waals surface area contributed by atoms with Gasteiger partial charge in [-0.3, -0.25) is 14.5 Å². The number of nitrogens with one attached hydrogen (secondary N) is 1. The normalized spacial score (nSPS) is 26.4. The van der Waals surface area contributed by atoms with Gasteiger partial charge in [0.1, 0.15) is 0 Å². The summed E-state index contributed by atoms with van der Waals surface area (Å²) in [6, 6.07) is 0. The Kier molecular flexibility index (Phi) is 7.49. The zero-order valence-corrected chi connectivity index (χ0v) is 15.4. The molecule has 0 saturated carbocycles. The van der Waals surface area contributed by atoms with Gasteiger partial charge in [-0.05, 0) is 33.1 Å². The molecule has 0 bridgehead atoms. The Hall–Kier alpha value is -1.14. The summed E-state index contributed by atoms with van der Waals surface area (Å²) in [6.07, 6.45) is 3.59. The van der Waals surface area contributed by atoms with Crippen LogP contribution in [-0.2, 0) is 14.3 Å². The summed E-state index contributed by atoms with van der Waals surface area (Å²) < 4.78 is 5.72. The summed E-state index contributed by atoms with van der Waals surface area (Å²) >= 11 is 0. The average Bonchev–Trinajstić information content (AvgIpc) is 2.54. The summed E-state index contributed by atoms with van der Waals surface area (Å²) in [5.41, 5.74) is 0. The molecule has 2 fully saturated rings. The molecule has 0 aromatic heterocycles. The lowest BCUT2D eigenvalue weighted by atomic mass is 9.95. The van der Waals surface area contributed by atoms with Crippen LogP contribution in [0.3, 0.4) is 0 Å². The molecule has 2 saturated heterocycles. The lowest BCUT2D eigenvalue weighted by Crippen LogP contribution is -2.48. The molecule has 2 amide bonds. The van der Waals surface area contributed by atoms with Crippen molar-refractivity contribution in [1.82, 2.24) is 15.1 Å². The summed E-state index contributed by atoms with van der Waals surface area (Å²) in [5, 5.41) is 3.07. The predicted molar refractivity (Wildman–Crippen MR) is 93.7 cm³/mol.